The smallest absolute Gasteiger partial charge is 0.139 e. The summed E-state index contributed by atoms with van der Waals surface area (Å²) in [6.45, 7) is 4.51. The molecule has 0 spiro atoms. The Morgan fingerprint density at radius 3 is 2.65 bits per heavy atom. The number of aliphatic hydroxyl groups is 2. The Labute approximate surface area is 139 Å². The first-order valence-electron chi connectivity index (χ1n) is 9.75. The van der Waals surface area contributed by atoms with Crippen molar-refractivity contribution in [1.82, 2.24) is 0 Å². The maximum absolute atomic E-state index is 12.5. The highest BCUT2D eigenvalue weighted by Crippen LogP contribution is 2.64. The molecule has 0 aromatic rings. The molecule has 0 bridgehead atoms. The molecule has 4 aliphatic carbocycles. The highest BCUT2D eigenvalue weighted by Gasteiger charge is 2.61. The Hall–Kier alpha value is -0.410. The number of carbonyl (C=O) groups is 1. The minimum atomic E-state index is -0.343. The van der Waals surface area contributed by atoms with Gasteiger partial charge in [-0.05, 0) is 74.0 Å². The minimum Gasteiger partial charge on any atom is -0.393 e. The van der Waals surface area contributed by atoms with E-state index in [1.165, 1.54) is 12.8 Å². The van der Waals surface area contributed by atoms with Gasteiger partial charge in [0, 0.05) is 11.8 Å². The summed E-state index contributed by atoms with van der Waals surface area (Å²) >= 11 is 0. The lowest BCUT2D eigenvalue weighted by Crippen LogP contribution is -2.55. The quantitative estimate of drug-likeness (QED) is 0.720. The molecule has 0 aliphatic heterocycles. The molecule has 4 rings (SSSR count). The summed E-state index contributed by atoms with van der Waals surface area (Å²) in [5.74, 6) is 2.24. The first-order valence-corrected chi connectivity index (χ1v) is 9.75. The van der Waals surface area contributed by atoms with Crippen molar-refractivity contribution in [2.45, 2.75) is 83.8 Å². The first-order chi connectivity index (χ1) is 10.9. The van der Waals surface area contributed by atoms with E-state index in [1.54, 1.807) is 0 Å². The molecule has 0 heterocycles. The number of ketones is 1. The van der Waals surface area contributed by atoms with Crippen LogP contribution in [0.2, 0.25) is 0 Å². The molecule has 0 radical (unpaired) electrons. The van der Waals surface area contributed by atoms with Gasteiger partial charge in [-0.15, -0.1) is 0 Å². The zero-order valence-electron chi connectivity index (χ0n) is 14.6. The molecule has 0 amide bonds. The van der Waals surface area contributed by atoms with Crippen LogP contribution in [0.1, 0.15) is 71.6 Å². The van der Waals surface area contributed by atoms with Crippen LogP contribution in [0.25, 0.3) is 0 Å². The van der Waals surface area contributed by atoms with Gasteiger partial charge in [-0.25, -0.2) is 0 Å². The van der Waals surface area contributed by atoms with Crippen molar-refractivity contribution in [3.63, 3.8) is 0 Å². The number of carbonyl (C=O) groups excluding carboxylic acids is 1. The molecule has 4 aliphatic rings. The van der Waals surface area contributed by atoms with E-state index in [2.05, 4.69) is 13.8 Å². The van der Waals surface area contributed by atoms with E-state index in [0.29, 0.717) is 35.9 Å². The molecule has 4 fully saturated rings. The van der Waals surface area contributed by atoms with Gasteiger partial charge in [-0.2, -0.15) is 0 Å². The summed E-state index contributed by atoms with van der Waals surface area (Å²) in [6, 6.07) is 0. The highest BCUT2D eigenvalue weighted by molar-refractivity contribution is 5.87. The third kappa shape index (κ3) is 2.18. The molecule has 0 saturated heterocycles. The molecule has 4 saturated carbocycles. The van der Waals surface area contributed by atoms with Crippen LogP contribution >= 0.6 is 0 Å². The fourth-order valence-electron chi connectivity index (χ4n) is 7.34. The molecule has 8 atom stereocenters. The Morgan fingerprint density at radius 1 is 1.09 bits per heavy atom. The van der Waals surface area contributed by atoms with Crippen molar-refractivity contribution in [2.24, 2.45) is 34.5 Å². The summed E-state index contributed by atoms with van der Waals surface area (Å²) in [5.41, 5.74) is -0.127. The topological polar surface area (TPSA) is 57.5 Å². The standard InChI is InChI=1S/C20H32O3/c1-19-9-8-13(21)10-12(19)4-3-5-14-15-6-7-17(23)20(15,2)11-16(22)18(14)19/h12-16,18,21-22H,3-11H2,1-2H3/t12-,13-,14-,15+,16+,18-,19+,20+/m1/s1. The van der Waals surface area contributed by atoms with Gasteiger partial charge < -0.3 is 10.2 Å². The SMILES string of the molecule is C[C@]12CC[C@@H](O)C[C@H]1CCC[C@H]1[C@@H]2[C@@H](O)C[C@]2(C)C(=O)CC[C@@H]12. The molecular formula is C20H32O3. The van der Waals surface area contributed by atoms with E-state index < -0.39 is 0 Å². The van der Waals surface area contributed by atoms with Crippen LogP contribution in [0, 0.1) is 34.5 Å². The second-order valence-electron chi connectivity index (χ2n) is 9.51. The largest absolute Gasteiger partial charge is 0.393 e. The van der Waals surface area contributed by atoms with Gasteiger partial charge in [0.15, 0.2) is 0 Å². The molecule has 3 nitrogen and oxygen atoms in total. The molecule has 0 aromatic carbocycles. The average Bonchev–Trinajstić information content (AvgIpc) is 2.69. The van der Waals surface area contributed by atoms with Crippen LogP contribution in [0.5, 0.6) is 0 Å². The third-order valence-corrected chi connectivity index (χ3v) is 8.52. The number of Topliss-reactive ketones (excluding diaryl/α,β-unsaturated/α-hetero) is 1. The maximum Gasteiger partial charge on any atom is 0.139 e. The van der Waals surface area contributed by atoms with E-state index in [-0.39, 0.29) is 23.0 Å². The van der Waals surface area contributed by atoms with Crippen molar-refractivity contribution in [3.05, 3.63) is 0 Å². The van der Waals surface area contributed by atoms with Gasteiger partial charge in [0.1, 0.15) is 5.78 Å². The van der Waals surface area contributed by atoms with Crippen molar-refractivity contribution in [3.8, 4) is 0 Å². The Morgan fingerprint density at radius 2 is 1.87 bits per heavy atom. The third-order valence-electron chi connectivity index (χ3n) is 8.52. The zero-order valence-corrected chi connectivity index (χ0v) is 14.6. The monoisotopic (exact) mass is 320 g/mol. The molecular weight excluding hydrogens is 288 g/mol. The number of fused-ring (bicyclic) bond motifs is 5. The van der Waals surface area contributed by atoms with Crippen LogP contribution in [0.3, 0.4) is 0 Å². The molecule has 3 heteroatoms. The fraction of sp³-hybridized carbons (Fsp3) is 0.950. The van der Waals surface area contributed by atoms with Gasteiger partial charge in [-0.1, -0.05) is 20.3 Å². The van der Waals surface area contributed by atoms with E-state index in [4.69, 9.17) is 0 Å². The molecule has 2 N–H and O–H groups in total. The van der Waals surface area contributed by atoms with Gasteiger partial charge in [0.25, 0.3) is 0 Å². The predicted molar refractivity (Wildman–Crippen MR) is 88.7 cm³/mol. The summed E-state index contributed by atoms with van der Waals surface area (Å²) in [4.78, 5) is 12.5. The van der Waals surface area contributed by atoms with Crippen LogP contribution in [-0.2, 0) is 4.79 Å². The summed E-state index contributed by atoms with van der Waals surface area (Å²) < 4.78 is 0. The van der Waals surface area contributed by atoms with E-state index in [1.807, 2.05) is 0 Å². The highest BCUT2D eigenvalue weighted by atomic mass is 16.3. The fourth-order valence-corrected chi connectivity index (χ4v) is 7.34. The second-order valence-corrected chi connectivity index (χ2v) is 9.51. The van der Waals surface area contributed by atoms with Crippen molar-refractivity contribution < 1.29 is 15.0 Å². The Balaban J connectivity index is 1.72. The molecule has 0 aromatic heterocycles. The Kier molecular flexibility index (Phi) is 3.70. The lowest BCUT2D eigenvalue weighted by atomic mass is 9.49. The number of hydrogen-bond donors (Lipinski definition) is 2. The maximum atomic E-state index is 12.5. The van der Waals surface area contributed by atoms with Crippen LogP contribution in [0.15, 0.2) is 0 Å². The van der Waals surface area contributed by atoms with Gasteiger partial charge >= 0.3 is 0 Å². The van der Waals surface area contributed by atoms with Crippen LogP contribution in [0.4, 0.5) is 0 Å². The number of aliphatic hydroxyl groups excluding tert-OH is 2. The first kappa shape index (κ1) is 16.1. The van der Waals surface area contributed by atoms with Gasteiger partial charge in [0.05, 0.1) is 12.2 Å². The van der Waals surface area contributed by atoms with Crippen LogP contribution < -0.4 is 0 Å². The molecule has 23 heavy (non-hydrogen) atoms. The normalized spacial score (nSPS) is 56.4. The van der Waals surface area contributed by atoms with Crippen molar-refractivity contribution in [2.75, 3.05) is 0 Å². The summed E-state index contributed by atoms with van der Waals surface area (Å²) in [7, 11) is 0. The molecule has 0 unspecified atom stereocenters. The predicted octanol–water partition coefficient (Wildman–Crippen LogP) is 3.32. The number of hydrogen-bond acceptors (Lipinski definition) is 3. The lowest BCUT2D eigenvalue weighted by Gasteiger charge is -2.56. The molecule has 130 valence electrons. The van der Waals surface area contributed by atoms with Crippen molar-refractivity contribution in [1.29, 1.82) is 0 Å². The average molecular weight is 320 g/mol. The zero-order chi connectivity index (χ0) is 16.4. The van der Waals surface area contributed by atoms with Gasteiger partial charge in [0.2, 0.25) is 0 Å². The van der Waals surface area contributed by atoms with Crippen LogP contribution in [-0.4, -0.2) is 28.2 Å². The van der Waals surface area contributed by atoms with E-state index in [0.717, 1.165) is 38.5 Å². The lowest BCUT2D eigenvalue weighted by molar-refractivity contribution is -0.153. The second kappa shape index (κ2) is 5.29. The van der Waals surface area contributed by atoms with Gasteiger partial charge in [-0.3, -0.25) is 4.79 Å². The minimum absolute atomic E-state index is 0.146. The Bertz CT molecular complexity index is 503. The van der Waals surface area contributed by atoms with E-state index in [9.17, 15) is 15.0 Å². The number of rotatable bonds is 0. The van der Waals surface area contributed by atoms with E-state index >= 15 is 0 Å². The summed E-state index contributed by atoms with van der Waals surface area (Å²) in [5, 5.41) is 21.2. The summed E-state index contributed by atoms with van der Waals surface area (Å²) in [6.07, 6.45) is 8.30. The van der Waals surface area contributed by atoms with Crippen molar-refractivity contribution >= 4 is 5.78 Å².